The van der Waals surface area contributed by atoms with Crippen LogP contribution in [0, 0.1) is 13.8 Å². The van der Waals surface area contributed by atoms with E-state index in [4.69, 9.17) is 21.9 Å². The first-order chi connectivity index (χ1) is 13.5. The highest BCUT2D eigenvalue weighted by Crippen LogP contribution is 2.25. The van der Waals surface area contributed by atoms with Gasteiger partial charge in [-0.1, -0.05) is 0 Å². The number of hydrogen-bond donors (Lipinski definition) is 2. The number of piperazine rings is 1. The van der Waals surface area contributed by atoms with Crippen LogP contribution < -0.4 is 10.9 Å². The van der Waals surface area contributed by atoms with E-state index < -0.39 is 0 Å². The maximum atomic E-state index is 12.4. The average Bonchev–Trinajstić information content (AvgIpc) is 3.29. The number of thiocarbonyl (C=S) groups is 1. The van der Waals surface area contributed by atoms with Gasteiger partial charge in [0.25, 0.3) is 5.56 Å². The quantitative estimate of drug-likeness (QED) is 0.729. The Morgan fingerprint density at radius 3 is 2.86 bits per heavy atom. The summed E-state index contributed by atoms with van der Waals surface area (Å²) in [6.45, 7) is 9.88. The molecule has 1 atom stereocenters. The Bertz CT molecular complexity index is 911. The zero-order chi connectivity index (χ0) is 19.7. The number of nitrogens with zero attached hydrogens (tertiary/aromatic N) is 3. The van der Waals surface area contributed by atoms with Crippen molar-refractivity contribution in [2.24, 2.45) is 0 Å². The molecule has 2 aromatic rings. The number of ether oxygens (including phenoxy) is 1. The standard InChI is InChI=1S/C19H27N5O2S2/c1-12-13(2)28-18-16(12)17(25)21-15(22-18)11-23-5-7-24(8-6-23)19(27)20-10-14-4-3-9-26-14/h14H,3-11H2,1-2H3,(H,20,27)(H,21,22,25)/t14-/m1/s1. The molecule has 2 fully saturated rings. The van der Waals surface area contributed by atoms with E-state index in [1.807, 2.05) is 13.8 Å². The minimum Gasteiger partial charge on any atom is -0.376 e. The summed E-state index contributed by atoms with van der Waals surface area (Å²) in [5.74, 6) is 0.742. The summed E-state index contributed by atoms with van der Waals surface area (Å²) in [6, 6.07) is 0. The van der Waals surface area contributed by atoms with Crippen LogP contribution in [0.3, 0.4) is 0 Å². The number of nitrogens with one attached hydrogen (secondary N) is 2. The lowest BCUT2D eigenvalue weighted by Gasteiger charge is -2.36. The number of H-pyrrole nitrogens is 1. The molecule has 2 aromatic heterocycles. The van der Waals surface area contributed by atoms with Gasteiger partial charge in [-0.05, 0) is 44.5 Å². The van der Waals surface area contributed by atoms with Gasteiger partial charge < -0.3 is 19.9 Å². The van der Waals surface area contributed by atoms with Crippen molar-refractivity contribution in [1.29, 1.82) is 0 Å². The van der Waals surface area contributed by atoms with Crippen molar-refractivity contribution < 1.29 is 4.74 Å². The Morgan fingerprint density at radius 2 is 2.14 bits per heavy atom. The van der Waals surface area contributed by atoms with Crippen molar-refractivity contribution in [3.63, 3.8) is 0 Å². The SMILES string of the molecule is Cc1sc2nc(CN3CCN(C(=S)NC[C@H]4CCCO4)CC3)[nH]c(=O)c2c1C. The maximum absolute atomic E-state index is 12.4. The fourth-order valence-corrected chi connectivity index (χ4v) is 5.13. The molecule has 28 heavy (non-hydrogen) atoms. The van der Waals surface area contributed by atoms with Crippen LogP contribution in [-0.4, -0.2) is 70.3 Å². The molecule has 0 aromatic carbocycles. The Balaban J connectivity index is 1.31. The third-order valence-electron chi connectivity index (χ3n) is 5.63. The molecule has 0 radical (unpaired) electrons. The van der Waals surface area contributed by atoms with Crippen LogP contribution in [0.15, 0.2) is 4.79 Å². The van der Waals surface area contributed by atoms with Gasteiger partial charge >= 0.3 is 0 Å². The van der Waals surface area contributed by atoms with Gasteiger partial charge in [0, 0.05) is 44.2 Å². The topological polar surface area (TPSA) is 73.5 Å². The second kappa shape index (κ2) is 8.44. The minimum atomic E-state index is -0.0278. The van der Waals surface area contributed by atoms with Gasteiger partial charge in [-0.25, -0.2) is 4.98 Å². The smallest absolute Gasteiger partial charge is 0.259 e. The molecular formula is C19H27N5O2S2. The molecule has 0 saturated carbocycles. The molecule has 2 saturated heterocycles. The number of hydrogen-bond acceptors (Lipinski definition) is 6. The molecule has 9 heteroatoms. The molecule has 152 valence electrons. The summed E-state index contributed by atoms with van der Waals surface area (Å²) in [7, 11) is 0. The molecule has 0 spiro atoms. The van der Waals surface area contributed by atoms with E-state index in [0.29, 0.717) is 12.6 Å². The predicted octanol–water partition coefficient (Wildman–Crippen LogP) is 1.77. The highest BCUT2D eigenvalue weighted by atomic mass is 32.1. The van der Waals surface area contributed by atoms with Gasteiger partial charge in [-0.2, -0.15) is 0 Å². The molecule has 2 aliphatic heterocycles. The number of rotatable bonds is 4. The van der Waals surface area contributed by atoms with Crippen LogP contribution in [0.5, 0.6) is 0 Å². The summed E-state index contributed by atoms with van der Waals surface area (Å²) in [4.78, 5) is 26.6. The number of aromatic amines is 1. The fraction of sp³-hybridized carbons (Fsp3) is 0.632. The van der Waals surface area contributed by atoms with Crippen LogP contribution in [-0.2, 0) is 11.3 Å². The third-order valence-corrected chi connectivity index (χ3v) is 7.13. The van der Waals surface area contributed by atoms with Gasteiger partial charge in [0.15, 0.2) is 5.11 Å². The summed E-state index contributed by atoms with van der Waals surface area (Å²) in [6.07, 6.45) is 2.55. The average molecular weight is 422 g/mol. The zero-order valence-electron chi connectivity index (χ0n) is 16.4. The molecule has 0 bridgehead atoms. The lowest BCUT2D eigenvalue weighted by molar-refractivity contribution is 0.112. The van der Waals surface area contributed by atoms with Gasteiger partial charge in [0.05, 0.1) is 18.0 Å². The van der Waals surface area contributed by atoms with Crippen LogP contribution in [0.25, 0.3) is 10.2 Å². The number of aryl methyl sites for hydroxylation is 2. The highest BCUT2D eigenvalue weighted by Gasteiger charge is 2.22. The molecule has 4 rings (SSSR count). The van der Waals surface area contributed by atoms with Crippen LogP contribution in [0.4, 0.5) is 0 Å². The van der Waals surface area contributed by atoms with E-state index in [0.717, 1.165) is 83.8 Å². The summed E-state index contributed by atoms with van der Waals surface area (Å²) < 4.78 is 5.64. The highest BCUT2D eigenvalue weighted by molar-refractivity contribution is 7.80. The van der Waals surface area contributed by atoms with E-state index in [9.17, 15) is 4.79 Å². The summed E-state index contributed by atoms with van der Waals surface area (Å²) >= 11 is 7.14. The van der Waals surface area contributed by atoms with E-state index in [1.165, 1.54) is 0 Å². The fourth-order valence-electron chi connectivity index (χ4n) is 3.81. The zero-order valence-corrected chi connectivity index (χ0v) is 18.0. The maximum Gasteiger partial charge on any atom is 0.259 e. The van der Waals surface area contributed by atoms with E-state index >= 15 is 0 Å². The second-order valence-electron chi connectivity index (χ2n) is 7.56. The molecule has 0 unspecified atom stereocenters. The molecular weight excluding hydrogens is 394 g/mol. The number of thiophene rings is 1. The van der Waals surface area contributed by atoms with Crippen molar-refractivity contribution in [3.8, 4) is 0 Å². The molecule has 7 nitrogen and oxygen atoms in total. The van der Waals surface area contributed by atoms with Gasteiger partial charge in [0.2, 0.25) is 0 Å². The Hall–Kier alpha value is -1.55. The van der Waals surface area contributed by atoms with E-state index in [-0.39, 0.29) is 5.56 Å². The van der Waals surface area contributed by atoms with Gasteiger partial charge in [-0.3, -0.25) is 9.69 Å². The summed E-state index contributed by atoms with van der Waals surface area (Å²) in [5.41, 5.74) is 1.01. The Labute approximate surface area is 174 Å². The minimum absolute atomic E-state index is 0.0278. The predicted molar refractivity (Wildman–Crippen MR) is 116 cm³/mol. The van der Waals surface area contributed by atoms with E-state index in [2.05, 4.69) is 20.1 Å². The Morgan fingerprint density at radius 1 is 1.36 bits per heavy atom. The van der Waals surface area contributed by atoms with Crippen molar-refractivity contribution >= 4 is 38.9 Å². The van der Waals surface area contributed by atoms with E-state index in [1.54, 1.807) is 11.3 Å². The molecule has 2 N–H and O–H groups in total. The second-order valence-corrected chi connectivity index (χ2v) is 9.15. The molecule has 0 aliphatic carbocycles. The first kappa shape index (κ1) is 19.8. The monoisotopic (exact) mass is 421 g/mol. The van der Waals surface area contributed by atoms with Crippen molar-refractivity contribution in [2.45, 2.75) is 39.3 Å². The lowest BCUT2D eigenvalue weighted by atomic mass is 10.2. The van der Waals surface area contributed by atoms with Crippen molar-refractivity contribution in [3.05, 3.63) is 26.6 Å². The van der Waals surface area contributed by atoms with Crippen molar-refractivity contribution in [2.75, 3.05) is 39.3 Å². The number of aromatic nitrogens is 2. The van der Waals surface area contributed by atoms with Crippen LogP contribution >= 0.6 is 23.6 Å². The summed E-state index contributed by atoms with van der Waals surface area (Å²) in [5, 5.41) is 4.90. The molecule has 2 aliphatic rings. The van der Waals surface area contributed by atoms with Gasteiger partial charge in [0.1, 0.15) is 10.7 Å². The normalized spacial score (nSPS) is 20.8. The first-order valence-corrected chi connectivity index (χ1v) is 11.1. The lowest BCUT2D eigenvalue weighted by Crippen LogP contribution is -2.52. The van der Waals surface area contributed by atoms with Crippen molar-refractivity contribution in [1.82, 2.24) is 25.1 Å². The molecule has 0 amide bonds. The molecule has 4 heterocycles. The largest absolute Gasteiger partial charge is 0.376 e. The third kappa shape index (κ3) is 4.22. The van der Waals surface area contributed by atoms with Crippen LogP contribution in [0.1, 0.15) is 29.1 Å². The number of fused-ring (bicyclic) bond motifs is 1. The Kier molecular flexibility index (Phi) is 5.96. The first-order valence-electron chi connectivity index (χ1n) is 9.87. The van der Waals surface area contributed by atoms with Gasteiger partial charge in [-0.15, -0.1) is 11.3 Å². The van der Waals surface area contributed by atoms with Crippen LogP contribution in [0.2, 0.25) is 0 Å².